The summed E-state index contributed by atoms with van der Waals surface area (Å²) in [5.41, 5.74) is 2.37. The van der Waals surface area contributed by atoms with Gasteiger partial charge in [-0.25, -0.2) is 9.67 Å². The van der Waals surface area contributed by atoms with E-state index in [1.807, 2.05) is 29.6 Å². The maximum Gasteiger partial charge on any atom is 0.254 e. The first-order valence-corrected chi connectivity index (χ1v) is 7.57. The van der Waals surface area contributed by atoms with Gasteiger partial charge in [-0.3, -0.25) is 4.79 Å². The lowest BCUT2D eigenvalue weighted by atomic mass is 10.1. The van der Waals surface area contributed by atoms with E-state index in [1.165, 1.54) is 12.8 Å². The van der Waals surface area contributed by atoms with E-state index in [1.54, 1.807) is 6.20 Å². The Hall–Kier alpha value is -1.91. The third kappa shape index (κ3) is 2.64. The zero-order valence-corrected chi connectivity index (χ0v) is 13.1. The van der Waals surface area contributed by atoms with E-state index in [9.17, 15) is 4.79 Å². The topological polar surface area (TPSA) is 51.0 Å². The van der Waals surface area contributed by atoms with Crippen LogP contribution in [0.15, 0.2) is 12.3 Å². The Morgan fingerprint density at radius 3 is 2.81 bits per heavy atom. The van der Waals surface area contributed by atoms with Gasteiger partial charge in [0.2, 0.25) is 0 Å². The molecule has 0 spiro atoms. The summed E-state index contributed by atoms with van der Waals surface area (Å²) in [5, 5.41) is 5.24. The van der Waals surface area contributed by atoms with E-state index in [-0.39, 0.29) is 11.9 Å². The van der Waals surface area contributed by atoms with Crippen molar-refractivity contribution in [3.05, 3.63) is 23.5 Å². The Morgan fingerprint density at radius 2 is 2.19 bits per heavy atom. The summed E-state index contributed by atoms with van der Waals surface area (Å²) in [6.07, 6.45) is 4.25. The average Bonchev–Trinajstić information content (AvgIpc) is 3.13. The lowest BCUT2D eigenvalue weighted by Gasteiger charge is -2.17. The normalized spacial score (nSPS) is 14.9. The van der Waals surface area contributed by atoms with Gasteiger partial charge in [0.15, 0.2) is 5.65 Å². The van der Waals surface area contributed by atoms with Crippen molar-refractivity contribution in [2.45, 2.75) is 39.7 Å². The van der Waals surface area contributed by atoms with Crippen LogP contribution in [0, 0.1) is 12.8 Å². The van der Waals surface area contributed by atoms with Gasteiger partial charge in [0.25, 0.3) is 5.91 Å². The Bertz CT molecular complexity index is 685. The molecule has 0 bridgehead atoms. The Balaban J connectivity index is 2.02. The van der Waals surface area contributed by atoms with Gasteiger partial charge < -0.3 is 4.90 Å². The number of rotatable bonds is 4. The SMILES string of the molecule is Cc1cc(C(=O)N(C)CC2CC2)c2cnn(C(C)C)c2n1. The summed E-state index contributed by atoms with van der Waals surface area (Å²) in [6, 6.07) is 2.10. The lowest BCUT2D eigenvalue weighted by molar-refractivity contribution is 0.0790. The number of carbonyl (C=O) groups excluding carboxylic acids is 1. The molecule has 1 aliphatic carbocycles. The van der Waals surface area contributed by atoms with Crippen molar-refractivity contribution in [3.63, 3.8) is 0 Å². The summed E-state index contributed by atoms with van der Waals surface area (Å²) < 4.78 is 1.88. The van der Waals surface area contributed by atoms with Crippen LogP contribution in [0.3, 0.4) is 0 Å². The summed E-state index contributed by atoms with van der Waals surface area (Å²) in [4.78, 5) is 19.1. The second-order valence-corrected chi connectivity index (χ2v) is 6.36. The quantitative estimate of drug-likeness (QED) is 0.868. The molecule has 1 saturated carbocycles. The monoisotopic (exact) mass is 286 g/mol. The minimum Gasteiger partial charge on any atom is -0.341 e. The van der Waals surface area contributed by atoms with E-state index >= 15 is 0 Å². The number of amides is 1. The fourth-order valence-electron chi connectivity index (χ4n) is 2.67. The molecule has 0 unspecified atom stereocenters. The van der Waals surface area contributed by atoms with Crippen molar-refractivity contribution < 1.29 is 4.79 Å². The van der Waals surface area contributed by atoms with Crippen molar-refractivity contribution in [3.8, 4) is 0 Å². The van der Waals surface area contributed by atoms with Crippen LogP contribution in [0.1, 0.15) is 48.8 Å². The molecule has 2 aromatic heterocycles. The number of aryl methyl sites for hydroxylation is 1. The molecule has 1 amide bonds. The number of pyridine rings is 1. The highest BCUT2D eigenvalue weighted by molar-refractivity contribution is 6.05. The number of aromatic nitrogens is 3. The molecule has 112 valence electrons. The molecular weight excluding hydrogens is 264 g/mol. The standard InChI is InChI=1S/C16H22N4O/c1-10(2)20-15-14(8-17-20)13(7-11(3)18-15)16(21)19(4)9-12-5-6-12/h7-8,10,12H,5-6,9H2,1-4H3. The molecule has 0 radical (unpaired) electrons. The number of hydrogen-bond acceptors (Lipinski definition) is 3. The molecule has 0 aromatic carbocycles. The van der Waals surface area contributed by atoms with Gasteiger partial charge in [-0.1, -0.05) is 0 Å². The Labute approximate surface area is 125 Å². The van der Waals surface area contributed by atoms with E-state index < -0.39 is 0 Å². The summed E-state index contributed by atoms with van der Waals surface area (Å²) in [6.45, 7) is 6.91. The van der Waals surface area contributed by atoms with Gasteiger partial charge in [-0.15, -0.1) is 0 Å². The Kier molecular flexibility index (Phi) is 3.43. The molecule has 1 fully saturated rings. The summed E-state index contributed by atoms with van der Waals surface area (Å²) in [7, 11) is 1.88. The van der Waals surface area contributed by atoms with Crippen LogP contribution in [0.4, 0.5) is 0 Å². The third-order valence-corrected chi connectivity index (χ3v) is 3.99. The molecule has 21 heavy (non-hydrogen) atoms. The predicted octanol–water partition coefficient (Wildman–Crippen LogP) is 2.80. The van der Waals surface area contributed by atoms with Gasteiger partial charge in [-0.2, -0.15) is 5.10 Å². The zero-order valence-electron chi connectivity index (χ0n) is 13.1. The van der Waals surface area contributed by atoms with E-state index in [0.717, 1.165) is 23.3 Å². The van der Waals surface area contributed by atoms with Crippen LogP contribution in [0.5, 0.6) is 0 Å². The van der Waals surface area contributed by atoms with Crippen LogP contribution < -0.4 is 0 Å². The molecule has 5 nitrogen and oxygen atoms in total. The van der Waals surface area contributed by atoms with E-state index in [0.29, 0.717) is 11.5 Å². The molecule has 1 aliphatic rings. The fourth-order valence-corrected chi connectivity index (χ4v) is 2.67. The van der Waals surface area contributed by atoms with Crippen LogP contribution in [0.25, 0.3) is 11.0 Å². The first-order valence-electron chi connectivity index (χ1n) is 7.57. The molecule has 5 heteroatoms. The number of hydrogen-bond donors (Lipinski definition) is 0. The molecule has 0 atom stereocenters. The average molecular weight is 286 g/mol. The molecule has 2 aromatic rings. The first kappa shape index (κ1) is 14.0. The van der Waals surface area contributed by atoms with Gasteiger partial charge in [-0.05, 0) is 45.6 Å². The summed E-state index contributed by atoms with van der Waals surface area (Å²) in [5.74, 6) is 0.761. The van der Waals surface area contributed by atoms with Gasteiger partial charge >= 0.3 is 0 Å². The van der Waals surface area contributed by atoms with Crippen LogP contribution in [0.2, 0.25) is 0 Å². The highest BCUT2D eigenvalue weighted by atomic mass is 16.2. The van der Waals surface area contributed by atoms with Crippen LogP contribution in [-0.4, -0.2) is 39.2 Å². The summed E-state index contributed by atoms with van der Waals surface area (Å²) >= 11 is 0. The van der Waals surface area contributed by atoms with Gasteiger partial charge in [0.1, 0.15) is 0 Å². The lowest BCUT2D eigenvalue weighted by Crippen LogP contribution is -2.29. The Morgan fingerprint density at radius 1 is 1.48 bits per heavy atom. The number of fused-ring (bicyclic) bond motifs is 1. The highest BCUT2D eigenvalue weighted by Gasteiger charge is 2.26. The van der Waals surface area contributed by atoms with Crippen molar-refractivity contribution in [2.24, 2.45) is 5.92 Å². The van der Waals surface area contributed by atoms with Crippen molar-refractivity contribution in [2.75, 3.05) is 13.6 Å². The molecule has 2 heterocycles. The minimum absolute atomic E-state index is 0.0701. The van der Waals surface area contributed by atoms with Crippen molar-refractivity contribution in [1.29, 1.82) is 0 Å². The largest absolute Gasteiger partial charge is 0.341 e. The first-order chi connectivity index (χ1) is 9.97. The van der Waals surface area contributed by atoms with E-state index in [2.05, 4.69) is 23.9 Å². The third-order valence-electron chi connectivity index (χ3n) is 3.99. The number of carbonyl (C=O) groups is 1. The molecule has 0 aliphatic heterocycles. The van der Waals surface area contributed by atoms with Gasteiger partial charge in [0.05, 0.1) is 17.1 Å². The van der Waals surface area contributed by atoms with Gasteiger partial charge in [0, 0.05) is 25.3 Å². The molecule has 0 saturated heterocycles. The second kappa shape index (κ2) is 5.13. The molecular formula is C16H22N4O. The minimum atomic E-state index is 0.0701. The zero-order chi connectivity index (χ0) is 15.1. The number of nitrogens with zero attached hydrogens (tertiary/aromatic N) is 4. The molecule has 3 rings (SSSR count). The smallest absolute Gasteiger partial charge is 0.254 e. The van der Waals surface area contributed by atoms with Crippen molar-refractivity contribution >= 4 is 16.9 Å². The fraction of sp³-hybridized carbons (Fsp3) is 0.562. The predicted molar refractivity (Wildman–Crippen MR) is 82.3 cm³/mol. The van der Waals surface area contributed by atoms with Crippen LogP contribution >= 0.6 is 0 Å². The highest BCUT2D eigenvalue weighted by Crippen LogP contribution is 2.30. The maximum atomic E-state index is 12.7. The second-order valence-electron chi connectivity index (χ2n) is 6.36. The molecule has 0 N–H and O–H groups in total. The van der Waals surface area contributed by atoms with Crippen molar-refractivity contribution in [1.82, 2.24) is 19.7 Å². The maximum absolute atomic E-state index is 12.7. The van der Waals surface area contributed by atoms with Crippen LogP contribution in [-0.2, 0) is 0 Å². The van der Waals surface area contributed by atoms with E-state index in [4.69, 9.17) is 0 Å².